The maximum atomic E-state index is 11.4. The van der Waals surface area contributed by atoms with Gasteiger partial charge >= 0.3 is 5.97 Å². The van der Waals surface area contributed by atoms with Crippen LogP contribution in [0.15, 0.2) is 12.4 Å². The zero-order chi connectivity index (χ0) is 15.0. The van der Waals surface area contributed by atoms with Gasteiger partial charge in [0.1, 0.15) is 12.1 Å². The van der Waals surface area contributed by atoms with Gasteiger partial charge in [0.05, 0.1) is 5.41 Å². The van der Waals surface area contributed by atoms with Crippen molar-refractivity contribution in [1.29, 1.82) is 0 Å². The maximum Gasteiger partial charge on any atom is 0.311 e. The Morgan fingerprint density at radius 2 is 2.33 bits per heavy atom. The van der Waals surface area contributed by atoms with Crippen molar-refractivity contribution in [3.63, 3.8) is 0 Å². The molecule has 1 fully saturated rings. The van der Waals surface area contributed by atoms with Crippen molar-refractivity contribution in [3.8, 4) is 0 Å². The van der Waals surface area contributed by atoms with E-state index in [2.05, 4.69) is 26.9 Å². The van der Waals surface area contributed by atoms with Crippen molar-refractivity contribution in [1.82, 2.24) is 19.6 Å². The standard InChI is InChI=1S/C14H19N5O2/c1-3-4-10-7-11(19-13(17-10)15-9-16-19)18-6-5-14(2,8-18)12(20)21/h7,9H,3-6,8H2,1-2H3,(H,20,21). The van der Waals surface area contributed by atoms with Crippen LogP contribution in [0, 0.1) is 5.41 Å². The van der Waals surface area contributed by atoms with Crippen molar-refractivity contribution in [2.24, 2.45) is 5.41 Å². The lowest BCUT2D eigenvalue weighted by Gasteiger charge is -2.22. The van der Waals surface area contributed by atoms with Gasteiger partial charge in [0.25, 0.3) is 5.78 Å². The lowest BCUT2D eigenvalue weighted by atomic mass is 9.90. The molecule has 3 rings (SSSR count). The molecule has 1 unspecified atom stereocenters. The summed E-state index contributed by atoms with van der Waals surface area (Å²) in [4.78, 5) is 22.1. The summed E-state index contributed by atoms with van der Waals surface area (Å²) < 4.78 is 1.69. The highest BCUT2D eigenvalue weighted by Gasteiger charge is 2.41. The van der Waals surface area contributed by atoms with Gasteiger partial charge in [-0.05, 0) is 19.8 Å². The monoisotopic (exact) mass is 289 g/mol. The molecule has 0 amide bonds. The summed E-state index contributed by atoms with van der Waals surface area (Å²) in [5, 5.41) is 13.6. The Balaban J connectivity index is 2.00. The van der Waals surface area contributed by atoms with E-state index >= 15 is 0 Å². The van der Waals surface area contributed by atoms with Crippen LogP contribution in [-0.4, -0.2) is 43.7 Å². The van der Waals surface area contributed by atoms with Crippen LogP contribution in [0.1, 0.15) is 32.4 Å². The van der Waals surface area contributed by atoms with Crippen LogP contribution in [-0.2, 0) is 11.2 Å². The maximum absolute atomic E-state index is 11.4. The third-order valence-corrected chi connectivity index (χ3v) is 4.11. The normalized spacial score (nSPS) is 22.1. The third-order valence-electron chi connectivity index (χ3n) is 4.11. The van der Waals surface area contributed by atoms with Crippen molar-refractivity contribution < 1.29 is 9.90 Å². The second-order valence-electron chi connectivity index (χ2n) is 5.86. The molecule has 0 spiro atoms. The van der Waals surface area contributed by atoms with Crippen LogP contribution in [0.4, 0.5) is 5.82 Å². The number of aromatic nitrogens is 4. The molecule has 1 aliphatic rings. The lowest BCUT2D eigenvalue weighted by Crippen LogP contribution is -2.32. The van der Waals surface area contributed by atoms with Crippen molar-refractivity contribution in [3.05, 3.63) is 18.1 Å². The van der Waals surface area contributed by atoms with E-state index in [9.17, 15) is 9.90 Å². The summed E-state index contributed by atoms with van der Waals surface area (Å²) in [6.45, 7) is 5.08. The van der Waals surface area contributed by atoms with Crippen LogP contribution in [0.3, 0.4) is 0 Å². The van der Waals surface area contributed by atoms with Gasteiger partial charge in [-0.3, -0.25) is 4.79 Å². The highest BCUT2D eigenvalue weighted by atomic mass is 16.4. The molecule has 0 saturated carbocycles. The molecular weight excluding hydrogens is 270 g/mol. The highest BCUT2D eigenvalue weighted by Crippen LogP contribution is 2.33. The predicted molar refractivity (Wildman–Crippen MR) is 77.3 cm³/mol. The van der Waals surface area contributed by atoms with E-state index in [-0.39, 0.29) is 0 Å². The SMILES string of the molecule is CCCc1cc(N2CCC(C)(C(=O)O)C2)n2ncnc2n1. The highest BCUT2D eigenvalue weighted by molar-refractivity contribution is 5.76. The average molecular weight is 289 g/mol. The number of rotatable bonds is 4. The van der Waals surface area contributed by atoms with Crippen LogP contribution in [0.5, 0.6) is 0 Å². The van der Waals surface area contributed by atoms with E-state index in [0.717, 1.165) is 24.4 Å². The van der Waals surface area contributed by atoms with Crippen molar-refractivity contribution >= 4 is 17.6 Å². The number of nitrogens with zero attached hydrogens (tertiary/aromatic N) is 5. The molecule has 1 aliphatic heterocycles. The number of carboxylic acid groups (broad SMARTS) is 1. The molecule has 0 radical (unpaired) electrons. The summed E-state index contributed by atoms with van der Waals surface area (Å²) in [5.41, 5.74) is 0.262. The van der Waals surface area contributed by atoms with Crippen LogP contribution in [0.25, 0.3) is 5.78 Å². The molecule has 7 heteroatoms. The Bertz CT molecular complexity index is 683. The molecule has 0 bridgehead atoms. The average Bonchev–Trinajstić information content (AvgIpc) is 3.05. The number of carboxylic acids is 1. The Morgan fingerprint density at radius 3 is 3.00 bits per heavy atom. The Hall–Kier alpha value is -2.18. The Labute approximate surface area is 122 Å². The fourth-order valence-electron chi connectivity index (χ4n) is 2.78. The minimum Gasteiger partial charge on any atom is -0.481 e. The van der Waals surface area contributed by atoms with E-state index in [4.69, 9.17) is 0 Å². The van der Waals surface area contributed by atoms with Gasteiger partial charge in [-0.1, -0.05) is 13.3 Å². The molecule has 2 aromatic heterocycles. The third kappa shape index (κ3) is 2.32. The molecule has 3 heterocycles. The van der Waals surface area contributed by atoms with E-state index < -0.39 is 11.4 Å². The number of fused-ring (bicyclic) bond motifs is 1. The molecular formula is C14H19N5O2. The second-order valence-corrected chi connectivity index (χ2v) is 5.86. The van der Waals surface area contributed by atoms with Gasteiger partial charge in [-0.15, -0.1) is 0 Å². The number of anilines is 1. The van der Waals surface area contributed by atoms with Gasteiger partial charge < -0.3 is 10.0 Å². The molecule has 1 saturated heterocycles. The lowest BCUT2D eigenvalue weighted by molar-refractivity contribution is -0.146. The van der Waals surface area contributed by atoms with Gasteiger partial charge in [0, 0.05) is 24.8 Å². The quantitative estimate of drug-likeness (QED) is 0.915. The number of hydrogen-bond acceptors (Lipinski definition) is 5. The Morgan fingerprint density at radius 1 is 1.52 bits per heavy atom. The Kier molecular flexibility index (Phi) is 3.27. The zero-order valence-electron chi connectivity index (χ0n) is 12.3. The fourth-order valence-corrected chi connectivity index (χ4v) is 2.78. The summed E-state index contributed by atoms with van der Waals surface area (Å²) in [7, 11) is 0. The van der Waals surface area contributed by atoms with Gasteiger partial charge in [-0.2, -0.15) is 14.6 Å². The number of aliphatic carboxylic acids is 1. The fraction of sp³-hybridized carbons (Fsp3) is 0.571. The molecule has 7 nitrogen and oxygen atoms in total. The first-order valence-electron chi connectivity index (χ1n) is 7.21. The smallest absolute Gasteiger partial charge is 0.311 e. The molecule has 0 aromatic carbocycles. The van der Waals surface area contributed by atoms with Gasteiger partial charge in [-0.25, -0.2) is 4.98 Å². The molecule has 2 aromatic rings. The topological polar surface area (TPSA) is 83.6 Å². The van der Waals surface area contributed by atoms with E-state index in [1.807, 2.05) is 6.07 Å². The predicted octanol–water partition coefficient (Wildman–Crippen LogP) is 1.38. The van der Waals surface area contributed by atoms with Crippen molar-refractivity contribution in [2.75, 3.05) is 18.0 Å². The summed E-state index contributed by atoms with van der Waals surface area (Å²) in [5.74, 6) is 0.702. The second kappa shape index (κ2) is 4.98. The first-order chi connectivity index (χ1) is 10.0. The number of hydrogen-bond donors (Lipinski definition) is 1. The molecule has 1 N–H and O–H groups in total. The minimum atomic E-state index is -0.748. The minimum absolute atomic E-state index is 0.479. The number of carbonyl (C=O) groups is 1. The van der Waals surface area contributed by atoms with Crippen LogP contribution < -0.4 is 4.90 Å². The number of aryl methyl sites for hydroxylation is 1. The largest absolute Gasteiger partial charge is 0.481 e. The first kappa shape index (κ1) is 13.8. The van der Waals surface area contributed by atoms with Crippen molar-refractivity contribution in [2.45, 2.75) is 33.1 Å². The van der Waals surface area contributed by atoms with E-state index in [0.29, 0.717) is 25.3 Å². The zero-order valence-corrected chi connectivity index (χ0v) is 12.3. The van der Waals surface area contributed by atoms with E-state index in [1.165, 1.54) is 6.33 Å². The summed E-state index contributed by atoms with van der Waals surface area (Å²) in [6, 6.07) is 2.00. The van der Waals surface area contributed by atoms with Gasteiger partial charge in [0.2, 0.25) is 0 Å². The van der Waals surface area contributed by atoms with Crippen LogP contribution >= 0.6 is 0 Å². The molecule has 0 aliphatic carbocycles. The van der Waals surface area contributed by atoms with Crippen LogP contribution in [0.2, 0.25) is 0 Å². The van der Waals surface area contributed by atoms with Gasteiger partial charge in [0.15, 0.2) is 0 Å². The van der Waals surface area contributed by atoms with E-state index in [1.54, 1.807) is 11.4 Å². The molecule has 112 valence electrons. The molecule has 1 atom stereocenters. The first-order valence-corrected chi connectivity index (χ1v) is 7.21. The summed E-state index contributed by atoms with van der Waals surface area (Å²) in [6.07, 6.45) is 3.99. The summed E-state index contributed by atoms with van der Waals surface area (Å²) >= 11 is 0. The molecule has 21 heavy (non-hydrogen) atoms.